The molecule has 0 saturated heterocycles. The van der Waals surface area contributed by atoms with Crippen LogP contribution in [0.5, 0.6) is 0 Å². The minimum absolute atomic E-state index is 0.354. The van der Waals surface area contributed by atoms with Gasteiger partial charge in [-0.3, -0.25) is 4.98 Å². The Kier molecular flexibility index (Phi) is 3.70. The molecule has 0 fully saturated rings. The lowest BCUT2D eigenvalue weighted by molar-refractivity contribution is 0.550. The van der Waals surface area contributed by atoms with Gasteiger partial charge < -0.3 is 11.1 Å². The molecule has 1 atom stereocenters. The molecule has 0 aliphatic rings. The molecule has 1 aromatic heterocycles. The molecular formula is C9H15N3. The Balaban J connectivity index is 2.33. The third-order valence-corrected chi connectivity index (χ3v) is 1.71. The molecule has 1 heterocycles. The van der Waals surface area contributed by atoms with Crippen LogP contribution in [0, 0.1) is 0 Å². The second-order valence-corrected chi connectivity index (χ2v) is 2.84. The molecule has 0 aliphatic carbocycles. The van der Waals surface area contributed by atoms with Crippen LogP contribution in [0.15, 0.2) is 24.4 Å². The van der Waals surface area contributed by atoms with Crippen LogP contribution in [0.25, 0.3) is 0 Å². The minimum atomic E-state index is 0.354. The summed E-state index contributed by atoms with van der Waals surface area (Å²) in [5.41, 5.74) is 6.51. The lowest BCUT2D eigenvalue weighted by Crippen LogP contribution is -2.32. The van der Waals surface area contributed by atoms with E-state index >= 15 is 0 Å². The Morgan fingerprint density at radius 1 is 1.58 bits per heavy atom. The van der Waals surface area contributed by atoms with E-state index in [2.05, 4.69) is 17.2 Å². The fourth-order valence-corrected chi connectivity index (χ4v) is 0.865. The Hall–Kier alpha value is -0.930. The smallest absolute Gasteiger partial charge is 0.0541 e. The van der Waals surface area contributed by atoms with Gasteiger partial charge in [0.05, 0.1) is 5.69 Å². The first kappa shape index (κ1) is 9.16. The molecule has 3 nitrogen and oxygen atoms in total. The van der Waals surface area contributed by atoms with Crippen LogP contribution >= 0.6 is 0 Å². The van der Waals surface area contributed by atoms with Crippen molar-refractivity contribution in [2.45, 2.75) is 19.5 Å². The molecule has 0 aromatic carbocycles. The molecule has 12 heavy (non-hydrogen) atoms. The van der Waals surface area contributed by atoms with Gasteiger partial charge >= 0.3 is 0 Å². The molecule has 3 heteroatoms. The summed E-state index contributed by atoms with van der Waals surface area (Å²) < 4.78 is 0. The van der Waals surface area contributed by atoms with Crippen molar-refractivity contribution in [2.75, 3.05) is 6.54 Å². The number of pyridine rings is 1. The number of hydrogen-bond acceptors (Lipinski definition) is 3. The van der Waals surface area contributed by atoms with Crippen LogP contribution in [0.1, 0.15) is 12.6 Å². The van der Waals surface area contributed by atoms with Crippen molar-refractivity contribution < 1.29 is 0 Å². The van der Waals surface area contributed by atoms with E-state index in [9.17, 15) is 0 Å². The Bertz CT molecular complexity index is 210. The first-order chi connectivity index (χ1) is 5.83. The van der Waals surface area contributed by atoms with Crippen LogP contribution in [-0.4, -0.2) is 17.6 Å². The van der Waals surface area contributed by atoms with Crippen LogP contribution in [0.4, 0.5) is 0 Å². The average molecular weight is 165 g/mol. The summed E-state index contributed by atoms with van der Waals surface area (Å²) in [6, 6.07) is 6.25. The summed E-state index contributed by atoms with van der Waals surface area (Å²) in [7, 11) is 0. The maximum Gasteiger partial charge on any atom is 0.0541 e. The molecule has 0 amide bonds. The molecular weight excluding hydrogens is 150 g/mol. The summed E-state index contributed by atoms with van der Waals surface area (Å²) >= 11 is 0. The van der Waals surface area contributed by atoms with Gasteiger partial charge in [0.2, 0.25) is 0 Å². The van der Waals surface area contributed by atoms with Gasteiger partial charge in [0, 0.05) is 25.3 Å². The van der Waals surface area contributed by atoms with Crippen molar-refractivity contribution in [1.82, 2.24) is 10.3 Å². The quantitative estimate of drug-likeness (QED) is 0.683. The third kappa shape index (κ3) is 2.98. The van der Waals surface area contributed by atoms with Gasteiger partial charge in [0.1, 0.15) is 0 Å². The number of nitrogens with two attached hydrogens (primary N) is 1. The van der Waals surface area contributed by atoms with E-state index in [4.69, 9.17) is 5.73 Å². The highest BCUT2D eigenvalue weighted by molar-refractivity contribution is 5.02. The molecule has 0 spiro atoms. The number of hydrogen-bond donors (Lipinski definition) is 2. The molecule has 66 valence electrons. The van der Waals surface area contributed by atoms with Crippen molar-refractivity contribution in [2.24, 2.45) is 5.73 Å². The zero-order chi connectivity index (χ0) is 8.81. The minimum Gasteiger partial charge on any atom is -0.329 e. The van der Waals surface area contributed by atoms with Gasteiger partial charge in [-0.2, -0.15) is 0 Å². The summed E-state index contributed by atoms with van der Waals surface area (Å²) in [5.74, 6) is 0. The third-order valence-electron chi connectivity index (χ3n) is 1.71. The molecule has 0 bridgehead atoms. The normalized spacial score (nSPS) is 12.8. The number of nitrogens with zero attached hydrogens (tertiary/aromatic N) is 1. The summed E-state index contributed by atoms with van der Waals surface area (Å²) in [4.78, 5) is 4.18. The van der Waals surface area contributed by atoms with E-state index in [-0.39, 0.29) is 0 Å². The van der Waals surface area contributed by atoms with Crippen LogP contribution in [0.2, 0.25) is 0 Å². The SMILES string of the molecule is CC(CN)NCc1ccccn1. The van der Waals surface area contributed by atoms with Gasteiger partial charge in [-0.05, 0) is 19.1 Å². The summed E-state index contributed by atoms with van der Waals surface area (Å²) in [6.45, 7) is 3.51. The molecule has 1 aromatic rings. The largest absolute Gasteiger partial charge is 0.329 e. The van der Waals surface area contributed by atoms with E-state index in [0.29, 0.717) is 12.6 Å². The monoisotopic (exact) mass is 165 g/mol. The molecule has 0 radical (unpaired) electrons. The highest BCUT2D eigenvalue weighted by atomic mass is 14.9. The Morgan fingerprint density at radius 2 is 2.42 bits per heavy atom. The van der Waals surface area contributed by atoms with Crippen LogP contribution in [0.3, 0.4) is 0 Å². The summed E-state index contributed by atoms with van der Waals surface area (Å²) in [5, 5.41) is 3.26. The highest BCUT2D eigenvalue weighted by Crippen LogP contribution is 1.92. The van der Waals surface area contributed by atoms with Gasteiger partial charge in [-0.25, -0.2) is 0 Å². The van der Waals surface area contributed by atoms with Gasteiger partial charge in [0.25, 0.3) is 0 Å². The van der Waals surface area contributed by atoms with E-state index in [1.165, 1.54) is 0 Å². The average Bonchev–Trinajstić information content (AvgIpc) is 2.16. The first-order valence-electron chi connectivity index (χ1n) is 4.16. The number of nitrogens with one attached hydrogen (secondary N) is 1. The number of aromatic nitrogens is 1. The van der Waals surface area contributed by atoms with Gasteiger partial charge in [-0.15, -0.1) is 0 Å². The molecule has 1 rings (SSSR count). The Morgan fingerprint density at radius 3 is 3.00 bits per heavy atom. The maximum absolute atomic E-state index is 5.45. The maximum atomic E-state index is 5.45. The van der Waals surface area contributed by atoms with Crippen molar-refractivity contribution in [3.63, 3.8) is 0 Å². The topological polar surface area (TPSA) is 50.9 Å². The fourth-order valence-electron chi connectivity index (χ4n) is 0.865. The summed E-state index contributed by atoms with van der Waals surface area (Å²) in [6.07, 6.45) is 1.80. The second-order valence-electron chi connectivity index (χ2n) is 2.84. The zero-order valence-electron chi connectivity index (χ0n) is 7.33. The zero-order valence-corrected chi connectivity index (χ0v) is 7.33. The lowest BCUT2D eigenvalue weighted by Gasteiger charge is -2.09. The van der Waals surface area contributed by atoms with Crippen LogP contribution < -0.4 is 11.1 Å². The molecule has 0 saturated carbocycles. The van der Waals surface area contributed by atoms with Crippen molar-refractivity contribution >= 4 is 0 Å². The van der Waals surface area contributed by atoms with Gasteiger partial charge in [0.15, 0.2) is 0 Å². The van der Waals surface area contributed by atoms with E-state index < -0.39 is 0 Å². The predicted molar refractivity (Wildman–Crippen MR) is 49.6 cm³/mol. The first-order valence-corrected chi connectivity index (χ1v) is 4.16. The van der Waals surface area contributed by atoms with Crippen molar-refractivity contribution in [1.29, 1.82) is 0 Å². The second kappa shape index (κ2) is 4.85. The van der Waals surface area contributed by atoms with E-state index in [1.807, 2.05) is 18.2 Å². The number of rotatable bonds is 4. The fraction of sp³-hybridized carbons (Fsp3) is 0.444. The lowest BCUT2D eigenvalue weighted by atomic mass is 10.3. The van der Waals surface area contributed by atoms with Crippen LogP contribution in [-0.2, 0) is 6.54 Å². The molecule has 0 aliphatic heterocycles. The van der Waals surface area contributed by atoms with Crippen molar-refractivity contribution in [3.8, 4) is 0 Å². The Labute approximate surface area is 73.0 Å². The van der Waals surface area contributed by atoms with Gasteiger partial charge in [-0.1, -0.05) is 6.07 Å². The molecule has 3 N–H and O–H groups in total. The highest BCUT2D eigenvalue weighted by Gasteiger charge is 1.97. The van der Waals surface area contributed by atoms with Crippen molar-refractivity contribution in [3.05, 3.63) is 30.1 Å². The standard InChI is InChI=1S/C9H15N3/c1-8(6-10)12-7-9-4-2-3-5-11-9/h2-5,8,12H,6-7,10H2,1H3. The van der Waals surface area contributed by atoms with E-state index in [0.717, 1.165) is 12.2 Å². The predicted octanol–water partition coefficient (Wildman–Crippen LogP) is 0.518. The molecule has 1 unspecified atom stereocenters. The van der Waals surface area contributed by atoms with E-state index in [1.54, 1.807) is 6.20 Å².